The number of rotatable bonds is 9. The molecule has 0 radical (unpaired) electrons. The standard InChI is InChI=1S/C21H20N4O7S/c1-31-17-7-4-15(5-8-17)24-33(29,30)21-12-16(25(27)28)6-9-18(21)23-22-13-14-3-10-19(26)20(11-14)32-2/h3-13,23-24,26H,1-2H3. The highest BCUT2D eigenvalue weighted by molar-refractivity contribution is 7.92. The summed E-state index contributed by atoms with van der Waals surface area (Å²) >= 11 is 0. The predicted octanol–water partition coefficient (Wildman–Crippen LogP) is 3.56. The van der Waals surface area contributed by atoms with E-state index < -0.39 is 20.6 Å². The zero-order valence-corrected chi connectivity index (χ0v) is 18.4. The number of phenolic OH excluding ortho intramolecular Hbond substituents is 1. The molecule has 0 saturated heterocycles. The number of non-ortho nitro benzene ring substituents is 1. The van der Waals surface area contributed by atoms with Crippen LogP contribution in [0.3, 0.4) is 0 Å². The summed E-state index contributed by atoms with van der Waals surface area (Å²) in [5.74, 6) is 0.730. The first-order chi connectivity index (χ1) is 15.7. The van der Waals surface area contributed by atoms with Crippen molar-refractivity contribution in [3.63, 3.8) is 0 Å². The zero-order chi connectivity index (χ0) is 24.0. The van der Waals surface area contributed by atoms with Crippen LogP contribution in [0.15, 0.2) is 70.7 Å². The van der Waals surface area contributed by atoms with E-state index in [-0.39, 0.29) is 27.8 Å². The molecule has 172 valence electrons. The summed E-state index contributed by atoms with van der Waals surface area (Å²) in [6, 6.07) is 14.0. The van der Waals surface area contributed by atoms with Gasteiger partial charge in [0.1, 0.15) is 10.6 Å². The van der Waals surface area contributed by atoms with E-state index >= 15 is 0 Å². The third kappa shape index (κ3) is 5.68. The number of nitro groups is 1. The van der Waals surface area contributed by atoms with E-state index in [1.807, 2.05) is 0 Å². The molecule has 0 saturated carbocycles. The van der Waals surface area contributed by atoms with Crippen molar-refractivity contribution in [2.45, 2.75) is 4.90 Å². The van der Waals surface area contributed by atoms with Gasteiger partial charge >= 0.3 is 0 Å². The minimum atomic E-state index is -4.22. The molecule has 0 aliphatic rings. The lowest BCUT2D eigenvalue weighted by Crippen LogP contribution is -2.15. The lowest BCUT2D eigenvalue weighted by Gasteiger charge is -2.12. The maximum atomic E-state index is 13.0. The number of methoxy groups -OCH3 is 2. The van der Waals surface area contributed by atoms with Crippen LogP contribution >= 0.6 is 0 Å². The molecule has 3 aromatic rings. The topological polar surface area (TPSA) is 152 Å². The van der Waals surface area contributed by atoms with Crippen LogP contribution in [0.1, 0.15) is 5.56 Å². The monoisotopic (exact) mass is 472 g/mol. The fourth-order valence-electron chi connectivity index (χ4n) is 2.76. The van der Waals surface area contributed by atoms with E-state index in [9.17, 15) is 23.6 Å². The smallest absolute Gasteiger partial charge is 0.270 e. The molecule has 11 nitrogen and oxygen atoms in total. The highest BCUT2D eigenvalue weighted by Gasteiger charge is 2.22. The Kier molecular flexibility index (Phi) is 6.98. The molecule has 0 amide bonds. The Morgan fingerprint density at radius 2 is 1.76 bits per heavy atom. The fourth-order valence-corrected chi connectivity index (χ4v) is 3.99. The number of benzene rings is 3. The fraction of sp³-hybridized carbons (Fsp3) is 0.0952. The molecule has 0 fully saturated rings. The van der Waals surface area contributed by atoms with E-state index in [0.29, 0.717) is 11.3 Å². The largest absolute Gasteiger partial charge is 0.504 e. The van der Waals surface area contributed by atoms with Crippen LogP contribution < -0.4 is 19.6 Å². The van der Waals surface area contributed by atoms with Gasteiger partial charge in [0.15, 0.2) is 11.5 Å². The highest BCUT2D eigenvalue weighted by Crippen LogP contribution is 2.29. The summed E-state index contributed by atoms with van der Waals surface area (Å²) in [5, 5.41) is 24.9. The Balaban J connectivity index is 1.91. The number of hydrogen-bond acceptors (Lipinski definition) is 9. The summed E-state index contributed by atoms with van der Waals surface area (Å²) in [5.41, 5.74) is 3.01. The molecule has 12 heteroatoms. The van der Waals surface area contributed by atoms with Crippen molar-refractivity contribution in [3.8, 4) is 17.2 Å². The second kappa shape index (κ2) is 9.87. The van der Waals surface area contributed by atoms with Gasteiger partial charge < -0.3 is 14.6 Å². The third-order valence-electron chi connectivity index (χ3n) is 4.41. The molecular weight excluding hydrogens is 452 g/mol. The van der Waals surface area contributed by atoms with Gasteiger partial charge in [-0.2, -0.15) is 5.10 Å². The van der Waals surface area contributed by atoms with Crippen molar-refractivity contribution in [1.29, 1.82) is 0 Å². The Morgan fingerprint density at radius 3 is 2.39 bits per heavy atom. The SMILES string of the molecule is COc1ccc(NS(=O)(=O)c2cc([N+](=O)[O-])ccc2NN=Cc2ccc(O)c(OC)c2)cc1. The number of nitrogens with zero attached hydrogens (tertiary/aromatic N) is 2. The number of anilines is 2. The van der Waals surface area contributed by atoms with E-state index in [1.54, 1.807) is 18.2 Å². The van der Waals surface area contributed by atoms with Crippen molar-refractivity contribution in [1.82, 2.24) is 0 Å². The van der Waals surface area contributed by atoms with Crippen molar-refractivity contribution < 1.29 is 27.9 Å². The van der Waals surface area contributed by atoms with Gasteiger partial charge in [-0.3, -0.25) is 20.3 Å². The van der Waals surface area contributed by atoms with Crippen LogP contribution in [0.25, 0.3) is 0 Å². The van der Waals surface area contributed by atoms with Crippen molar-refractivity contribution in [3.05, 3.63) is 76.3 Å². The molecule has 0 bridgehead atoms. The van der Waals surface area contributed by atoms with Gasteiger partial charge in [0.25, 0.3) is 15.7 Å². The molecule has 3 rings (SSSR count). The summed E-state index contributed by atoms with van der Waals surface area (Å²) in [6.45, 7) is 0. The Labute approximate surface area is 189 Å². The van der Waals surface area contributed by atoms with Crippen molar-refractivity contribution in [2.75, 3.05) is 24.4 Å². The number of phenols is 1. The van der Waals surface area contributed by atoms with Crippen LogP contribution in [0.5, 0.6) is 17.2 Å². The minimum Gasteiger partial charge on any atom is -0.504 e. The van der Waals surface area contributed by atoms with Gasteiger partial charge in [0.2, 0.25) is 0 Å². The van der Waals surface area contributed by atoms with E-state index in [4.69, 9.17) is 9.47 Å². The second-order valence-electron chi connectivity index (χ2n) is 6.57. The summed E-state index contributed by atoms with van der Waals surface area (Å²) in [7, 11) is -1.33. The number of aromatic hydroxyl groups is 1. The maximum Gasteiger partial charge on any atom is 0.270 e. The lowest BCUT2D eigenvalue weighted by molar-refractivity contribution is -0.385. The number of sulfonamides is 1. The number of hydrogen-bond donors (Lipinski definition) is 3. The van der Waals surface area contributed by atoms with E-state index in [2.05, 4.69) is 15.2 Å². The molecular formula is C21H20N4O7S. The third-order valence-corrected chi connectivity index (χ3v) is 5.83. The van der Waals surface area contributed by atoms with Crippen LogP contribution in [0, 0.1) is 10.1 Å². The van der Waals surface area contributed by atoms with Gasteiger partial charge in [0, 0.05) is 17.8 Å². The maximum absolute atomic E-state index is 13.0. The molecule has 0 heterocycles. The second-order valence-corrected chi connectivity index (χ2v) is 8.22. The van der Waals surface area contributed by atoms with Gasteiger partial charge in [-0.1, -0.05) is 0 Å². The molecule has 0 aromatic heterocycles. The van der Waals surface area contributed by atoms with Crippen molar-refractivity contribution in [2.24, 2.45) is 5.10 Å². The Bertz CT molecular complexity index is 1290. The molecule has 0 spiro atoms. The van der Waals surface area contributed by atoms with Crippen LogP contribution in [-0.2, 0) is 10.0 Å². The normalized spacial score (nSPS) is 11.2. The highest BCUT2D eigenvalue weighted by atomic mass is 32.2. The molecule has 33 heavy (non-hydrogen) atoms. The molecule has 0 aliphatic heterocycles. The minimum absolute atomic E-state index is 0.0172. The average Bonchev–Trinajstić information content (AvgIpc) is 2.80. The average molecular weight is 472 g/mol. The molecule has 0 aliphatic carbocycles. The summed E-state index contributed by atoms with van der Waals surface area (Å²) < 4.78 is 38.5. The zero-order valence-electron chi connectivity index (χ0n) is 17.6. The Morgan fingerprint density at radius 1 is 1.03 bits per heavy atom. The quantitative estimate of drug-likeness (QED) is 0.243. The first-order valence-electron chi connectivity index (χ1n) is 9.35. The van der Waals surface area contributed by atoms with Crippen LogP contribution in [0.2, 0.25) is 0 Å². The lowest BCUT2D eigenvalue weighted by atomic mass is 10.2. The Hall–Kier alpha value is -4.32. The number of nitrogens with one attached hydrogen (secondary N) is 2. The first-order valence-corrected chi connectivity index (χ1v) is 10.8. The van der Waals surface area contributed by atoms with Crippen LogP contribution in [0.4, 0.5) is 17.1 Å². The molecule has 0 unspecified atom stereocenters. The summed E-state index contributed by atoms with van der Waals surface area (Å²) in [6.07, 6.45) is 1.37. The predicted molar refractivity (Wildman–Crippen MR) is 123 cm³/mol. The van der Waals surface area contributed by atoms with Gasteiger partial charge in [0.05, 0.1) is 31.0 Å². The van der Waals surface area contributed by atoms with E-state index in [1.165, 1.54) is 50.8 Å². The van der Waals surface area contributed by atoms with Crippen LogP contribution in [-0.4, -0.2) is 38.9 Å². The molecule has 3 aromatic carbocycles. The van der Waals surface area contributed by atoms with E-state index in [0.717, 1.165) is 12.1 Å². The number of hydrazone groups is 1. The van der Waals surface area contributed by atoms with Crippen molar-refractivity contribution >= 4 is 33.3 Å². The van der Waals surface area contributed by atoms with Gasteiger partial charge in [-0.05, 0) is 54.1 Å². The van der Waals surface area contributed by atoms with Gasteiger partial charge in [-0.25, -0.2) is 8.42 Å². The number of ether oxygens (including phenoxy) is 2. The molecule has 3 N–H and O–H groups in total. The summed E-state index contributed by atoms with van der Waals surface area (Å²) in [4.78, 5) is 10.1. The number of nitro benzene ring substituents is 1. The molecule has 0 atom stereocenters. The van der Waals surface area contributed by atoms with Gasteiger partial charge in [-0.15, -0.1) is 0 Å². The first kappa shape index (κ1) is 23.3.